The van der Waals surface area contributed by atoms with Crippen LogP contribution < -0.4 is 5.43 Å². The van der Waals surface area contributed by atoms with Gasteiger partial charge in [-0.3, -0.25) is 0 Å². The van der Waals surface area contributed by atoms with Gasteiger partial charge >= 0.3 is 0 Å². The Morgan fingerprint density at radius 1 is 0.944 bits per heavy atom. The standard InChI is InChI=1S/C16H16N2/c1-3-7-13(8-4-1)11-15-12-16(18-17-15)14-9-5-2-6-10-14/h1-10,15,17H,11-12H2. The molecule has 0 aromatic heterocycles. The van der Waals surface area contributed by atoms with Gasteiger partial charge in [0.2, 0.25) is 0 Å². The van der Waals surface area contributed by atoms with Crippen molar-refractivity contribution < 1.29 is 0 Å². The highest BCUT2D eigenvalue weighted by Crippen LogP contribution is 2.15. The Morgan fingerprint density at radius 2 is 1.61 bits per heavy atom. The first-order valence-corrected chi connectivity index (χ1v) is 6.33. The molecule has 3 rings (SSSR count). The Morgan fingerprint density at radius 3 is 2.33 bits per heavy atom. The Hall–Kier alpha value is -2.09. The highest BCUT2D eigenvalue weighted by atomic mass is 15.3. The van der Waals surface area contributed by atoms with Gasteiger partial charge in [-0.2, -0.15) is 5.10 Å². The van der Waals surface area contributed by atoms with E-state index in [1.54, 1.807) is 0 Å². The van der Waals surface area contributed by atoms with Gasteiger partial charge in [-0.1, -0.05) is 60.7 Å². The lowest BCUT2D eigenvalue weighted by Crippen LogP contribution is -2.22. The first-order valence-electron chi connectivity index (χ1n) is 6.33. The molecule has 0 bridgehead atoms. The van der Waals surface area contributed by atoms with Gasteiger partial charge in [0.25, 0.3) is 0 Å². The van der Waals surface area contributed by atoms with Crippen molar-refractivity contribution in [1.29, 1.82) is 0 Å². The Balaban J connectivity index is 1.65. The summed E-state index contributed by atoms with van der Waals surface area (Å²) in [6.45, 7) is 0. The number of rotatable bonds is 3. The van der Waals surface area contributed by atoms with Crippen molar-refractivity contribution in [3.05, 3.63) is 71.8 Å². The summed E-state index contributed by atoms with van der Waals surface area (Å²) in [6.07, 6.45) is 2.03. The molecule has 0 radical (unpaired) electrons. The van der Waals surface area contributed by atoms with Crippen molar-refractivity contribution >= 4 is 5.71 Å². The van der Waals surface area contributed by atoms with E-state index in [2.05, 4.69) is 65.1 Å². The van der Waals surface area contributed by atoms with Crippen LogP contribution in [0.25, 0.3) is 0 Å². The lowest BCUT2D eigenvalue weighted by molar-refractivity contribution is 0.581. The molecule has 1 atom stereocenters. The van der Waals surface area contributed by atoms with Crippen LogP contribution in [-0.4, -0.2) is 11.8 Å². The van der Waals surface area contributed by atoms with Crippen LogP contribution in [-0.2, 0) is 6.42 Å². The molecular formula is C16H16N2. The van der Waals surface area contributed by atoms with Crippen LogP contribution in [0, 0.1) is 0 Å². The smallest absolute Gasteiger partial charge is 0.0696 e. The number of nitrogens with zero attached hydrogens (tertiary/aromatic N) is 1. The Bertz CT molecular complexity index is 532. The van der Waals surface area contributed by atoms with Gasteiger partial charge in [-0.05, 0) is 17.5 Å². The van der Waals surface area contributed by atoms with E-state index in [1.165, 1.54) is 11.1 Å². The summed E-state index contributed by atoms with van der Waals surface area (Å²) in [5, 5.41) is 4.45. The summed E-state index contributed by atoms with van der Waals surface area (Å²) >= 11 is 0. The summed E-state index contributed by atoms with van der Waals surface area (Å²) < 4.78 is 0. The number of benzene rings is 2. The number of hydrogen-bond acceptors (Lipinski definition) is 2. The molecule has 0 fully saturated rings. The van der Waals surface area contributed by atoms with E-state index in [4.69, 9.17) is 0 Å². The zero-order valence-electron chi connectivity index (χ0n) is 10.2. The monoisotopic (exact) mass is 236 g/mol. The van der Waals surface area contributed by atoms with Gasteiger partial charge in [-0.25, -0.2) is 0 Å². The second kappa shape index (κ2) is 5.05. The fourth-order valence-electron chi connectivity index (χ4n) is 2.32. The molecule has 0 spiro atoms. The topological polar surface area (TPSA) is 24.4 Å². The maximum atomic E-state index is 4.45. The summed E-state index contributed by atoms with van der Waals surface area (Å²) in [7, 11) is 0. The van der Waals surface area contributed by atoms with Gasteiger partial charge < -0.3 is 5.43 Å². The first kappa shape index (κ1) is 11.0. The fraction of sp³-hybridized carbons (Fsp3) is 0.188. The Kier molecular flexibility index (Phi) is 3.09. The highest BCUT2D eigenvalue weighted by Gasteiger charge is 2.19. The van der Waals surface area contributed by atoms with Crippen LogP contribution in [0.4, 0.5) is 0 Å². The van der Waals surface area contributed by atoms with Gasteiger partial charge in [0.1, 0.15) is 0 Å². The van der Waals surface area contributed by atoms with Crippen molar-refractivity contribution in [3.63, 3.8) is 0 Å². The number of nitrogens with one attached hydrogen (secondary N) is 1. The minimum Gasteiger partial charge on any atom is -0.306 e. The maximum Gasteiger partial charge on any atom is 0.0696 e. The van der Waals surface area contributed by atoms with E-state index < -0.39 is 0 Å². The third kappa shape index (κ3) is 2.43. The summed E-state index contributed by atoms with van der Waals surface area (Å²) in [5.74, 6) is 0. The second-order valence-electron chi connectivity index (χ2n) is 4.64. The fourth-order valence-corrected chi connectivity index (χ4v) is 2.32. The molecule has 2 nitrogen and oxygen atoms in total. The molecule has 2 aromatic carbocycles. The van der Waals surface area contributed by atoms with E-state index in [0.717, 1.165) is 18.6 Å². The van der Waals surface area contributed by atoms with Crippen molar-refractivity contribution in [1.82, 2.24) is 5.43 Å². The van der Waals surface area contributed by atoms with E-state index in [1.807, 2.05) is 6.07 Å². The quantitative estimate of drug-likeness (QED) is 0.870. The zero-order chi connectivity index (χ0) is 12.2. The third-order valence-corrected chi connectivity index (χ3v) is 3.25. The molecule has 2 heteroatoms. The van der Waals surface area contributed by atoms with Crippen molar-refractivity contribution in [3.8, 4) is 0 Å². The lowest BCUT2D eigenvalue weighted by Gasteiger charge is -2.09. The lowest BCUT2D eigenvalue weighted by atomic mass is 9.99. The van der Waals surface area contributed by atoms with Crippen LogP contribution >= 0.6 is 0 Å². The highest BCUT2D eigenvalue weighted by molar-refractivity contribution is 6.01. The average molecular weight is 236 g/mol. The molecule has 1 aliphatic heterocycles. The SMILES string of the molecule is c1ccc(CC2CC(c3ccccc3)=NN2)cc1. The van der Waals surface area contributed by atoms with E-state index in [0.29, 0.717) is 6.04 Å². The molecule has 0 saturated carbocycles. The number of hydrazone groups is 1. The molecule has 1 heterocycles. The van der Waals surface area contributed by atoms with E-state index in [9.17, 15) is 0 Å². The molecule has 90 valence electrons. The van der Waals surface area contributed by atoms with Crippen LogP contribution in [0.5, 0.6) is 0 Å². The molecule has 0 amide bonds. The van der Waals surface area contributed by atoms with Crippen LogP contribution in [0.15, 0.2) is 65.8 Å². The average Bonchev–Trinajstić information content (AvgIpc) is 2.89. The molecule has 1 aliphatic rings. The molecule has 1 unspecified atom stereocenters. The van der Waals surface area contributed by atoms with Gasteiger partial charge in [-0.15, -0.1) is 0 Å². The molecule has 0 saturated heterocycles. The molecule has 1 N–H and O–H groups in total. The van der Waals surface area contributed by atoms with E-state index >= 15 is 0 Å². The minimum atomic E-state index is 0.419. The maximum absolute atomic E-state index is 4.45. The normalized spacial score (nSPS) is 18.2. The van der Waals surface area contributed by atoms with Crippen LogP contribution in [0.3, 0.4) is 0 Å². The van der Waals surface area contributed by atoms with Crippen molar-refractivity contribution in [2.45, 2.75) is 18.9 Å². The van der Waals surface area contributed by atoms with Gasteiger partial charge in [0.05, 0.1) is 11.8 Å². The minimum absolute atomic E-state index is 0.419. The van der Waals surface area contributed by atoms with E-state index in [-0.39, 0.29) is 0 Å². The summed E-state index contributed by atoms with van der Waals surface area (Å²) in [4.78, 5) is 0. The molecule has 2 aromatic rings. The second-order valence-corrected chi connectivity index (χ2v) is 4.64. The molecule has 18 heavy (non-hydrogen) atoms. The predicted octanol–water partition coefficient (Wildman–Crippen LogP) is 3.00. The summed E-state index contributed by atoms with van der Waals surface area (Å²) in [5.41, 5.74) is 6.99. The van der Waals surface area contributed by atoms with Gasteiger partial charge in [0.15, 0.2) is 0 Å². The van der Waals surface area contributed by atoms with Gasteiger partial charge in [0, 0.05) is 6.42 Å². The first-order chi connectivity index (χ1) is 8.92. The summed E-state index contributed by atoms with van der Waals surface area (Å²) in [6, 6.07) is 21.4. The Labute approximate surface area is 107 Å². The van der Waals surface area contributed by atoms with Crippen LogP contribution in [0.2, 0.25) is 0 Å². The largest absolute Gasteiger partial charge is 0.306 e. The third-order valence-electron chi connectivity index (χ3n) is 3.25. The predicted molar refractivity (Wildman–Crippen MR) is 74.7 cm³/mol. The van der Waals surface area contributed by atoms with Crippen molar-refractivity contribution in [2.24, 2.45) is 5.10 Å². The molecule has 0 aliphatic carbocycles. The van der Waals surface area contributed by atoms with Crippen LogP contribution in [0.1, 0.15) is 17.5 Å². The molecular weight excluding hydrogens is 220 g/mol. The van der Waals surface area contributed by atoms with Crippen molar-refractivity contribution in [2.75, 3.05) is 0 Å². The zero-order valence-corrected chi connectivity index (χ0v) is 10.2. The number of hydrogen-bond donors (Lipinski definition) is 1.